The quantitative estimate of drug-likeness (QED) is 0.595. The van der Waals surface area contributed by atoms with Crippen LogP contribution in [0, 0.1) is 5.41 Å². The van der Waals surface area contributed by atoms with E-state index in [9.17, 15) is 4.79 Å². The van der Waals surface area contributed by atoms with E-state index in [1.54, 1.807) is 6.92 Å². The fourth-order valence-electron chi connectivity index (χ4n) is 2.46. The molecule has 1 saturated carbocycles. The zero-order valence-corrected chi connectivity index (χ0v) is 8.81. The minimum Gasteiger partial charge on any atom is -0.341 e. The monoisotopic (exact) mass is 201 g/mol. The number of hydrogen-bond acceptors (Lipinski definition) is 1. The Kier molecular flexibility index (Phi) is 2.26. The number of carbonyl (C=O) groups is 1. The Balaban J connectivity index is 1.94. The summed E-state index contributed by atoms with van der Waals surface area (Å²) >= 11 is 5.77. The maximum absolute atomic E-state index is 11.6. The second-order valence-electron chi connectivity index (χ2n) is 4.48. The Labute approximate surface area is 84.2 Å². The van der Waals surface area contributed by atoms with Gasteiger partial charge in [-0.15, -0.1) is 11.6 Å². The molecule has 1 atom stereocenters. The molecule has 1 aliphatic heterocycles. The molecular formula is C10H16ClNO. The molecule has 3 heteroatoms. The van der Waals surface area contributed by atoms with Crippen molar-refractivity contribution in [3.8, 4) is 0 Å². The Morgan fingerprint density at radius 3 is 2.54 bits per heavy atom. The average molecular weight is 202 g/mol. The van der Waals surface area contributed by atoms with E-state index in [1.807, 2.05) is 4.90 Å². The van der Waals surface area contributed by atoms with Crippen LogP contribution in [0.25, 0.3) is 0 Å². The molecular weight excluding hydrogens is 186 g/mol. The molecule has 0 bridgehead atoms. The first-order valence-electron chi connectivity index (χ1n) is 5.06. The van der Waals surface area contributed by atoms with Crippen molar-refractivity contribution in [2.45, 2.75) is 38.0 Å². The zero-order valence-electron chi connectivity index (χ0n) is 8.05. The summed E-state index contributed by atoms with van der Waals surface area (Å²) in [5.41, 5.74) is 0.501. The lowest BCUT2D eigenvalue weighted by molar-refractivity contribution is -0.130. The lowest BCUT2D eigenvalue weighted by atomic mass is 9.68. The third kappa shape index (κ3) is 1.56. The van der Waals surface area contributed by atoms with Crippen LogP contribution in [0.5, 0.6) is 0 Å². The van der Waals surface area contributed by atoms with Crippen LogP contribution in [0.3, 0.4) is 0 Å². The third-order valence-corrected chi connectivity index (χ3v) is 3.69. The predicted octanol–water partition coefficient (Wildman–Crippen LogP) is 2.02. The van der Waals surface area contributed by atoms with Gasteiger partial charge >= 0.3 is 0 Å². The molecule has 74 valence electrons. The van der Waals surface area contributed by atoms with E-state index in [0.29, 0.717) is 5.41 Å². The number of rotatable bonds is 1. The van der Waals surface area contributed by atoms with Crippen LogP contribution in [0.15, 0.2) is 0 Å². The maximum Gasteiger partial charge on any atom is 0.240 e. The summed E-state index contributed by atoms with van der Waals surface area (Å²) < 4.78 is 0. The summed E-state index contributed by atoms with van der Waals surface area (Å²) in [7, 11) is 0. The molecule has 2 aliphatic rings. The zero-order chi connectivity index (χ0) is 9.47. The van der Waals surface area contributed by atoms with Crippen molar-refractivity contribution in [2.24, 2.45) is 5.41 Å². The number of hydrogen-bond donors (Lipinski definition) is 0. The highest BCUT2D eigenvalue weighted by Crippen LogP contribution is 2.48. The normalized spacial score (nSPS) is 27.4. The van der Waals surface area contributed by atoms with Gasteiger partial charge in [0.05, 0.1) is 0 Å². The van der Waals surface area contributed by atoms with Crippen LogP contribution < -0.4 is 0 Å². The summed E-state index contributed by atoms with van der Waals surface area (Å²) in [5.74, 6) is 0.116. The molecule has 2 nitrogen and oxygen atoms in total. The second kappa shape index (κ2) is 3.16. The summed E-state index contributed by atoms with van der Waals surface area (Å²) in [6.07, 6.45) is 5.17. The van der Waals surface area contributed by atoms with Gasteiger partial charge in [-0.05, 0) is 31.6 Å². The molecule has 0 N–H and O–H groups in total. The highest BCUT2D eigenvalue weighted by molar-refractivity contribution is 6.30. The average Bonchev–Trinajstić information content (AvgIpc) is 2.45. The number of amides is 1. The van der Waals surface area contributed by atoms with Crippen molar-refractivity contribution in [3.63, 3.8) is 0 Å². The summed E-state index contributed by atoms with van der Waals surface area (Å²) in [6.45, 7) is 3.65. The Hall–Kier alpha value is -0.240. The molecule has 2 rings (SSSR count). The van der Waals surface area contributed by atoms with Crippen molar-refractivity contribution < 1.29 is 4.79 Å². The topological polar surface area (TPSA) is 20.3 Å². The highest BCUT2D eigenvalue weighted by atomic mass is 35.5. The fourth-order valence-corrected chi connectivity index (χ4v) is 2.60. The van der Waals surface area contributed by atoms with Crippen LogP contribution in [-0.2, 0) is 4.79 Å². The van der Waals surface area contributed by atoms with E-state index in [1.165, 1.54) is 25.7 Å². The predicted molar refractivity (Wildman–Crippen MR) is 52.8 cm³/mol. The second-order valence-corrected chi connectivity index (χ2v) is 5.13. The Bertz CT molecular complexity index is 223. The van der Waals surface area contributed by atoms with Crippen LogP contribution >= 0.6 is 11.6 Å². The molecule has 0 aromatic rings. The first kappa shape index (κ1) is 9.32. The van der Waals surface area contributed by atoms with Gasteiger partial charge in [-0.3, -0.25) is 4.79 Å². The van der Waals surface area contributed by atoms with E-state index in [-0.39, 0.29) is 11.3 Å². The molecule has 13 heavy (non-hydrogen) atoms. The summed E-state index contributed by atoms with van der Waals surface area (Å²) in [5, 5.41) is -0.352. The van der Waals surface area contributed by atoms with Crippen molar-refractivity contribution in [3.05, 3.63) is 0 Å². The lowest BCUT2D eigenvalue weighted by Gasteiger charge is -2.38. The molecule has 0 radical (unpaired) electrons. The van der Waals surface area contributed by atoms with E-state index < -0.39 is 0 Å². The number of halogens is 1. The summed E-state index contributed by atoms with van der Waals surface area (Å²) in [4.78, 5) is 13.5. The standard InChI is InChI=1S/C10H16ClNO/c1-8(11)9(13)12-6-5-10(7-12)3-2-4-10/h8H,2-7H2,1H3. The van der Waals surface area contributed by atoms with Crippen LogP contribution in [0.2, 0.25) is 0 Å². The number of likely N-dealkylation sites (tertiary alicyclic amines) is 1. The van der Waals surface area contributed by atoms with Crippen molar-refractivity contribution in [1.82, 2.24) is 4.90 Å². The van der Waals surface area contributed by atoms with E-state index in [4.69, 9.17) is 11.6 Å². The number of nitrogens with zero attached hydrogens (tertiary/aromatic N) is 1. The third-order valence-electron chi connectivity index (χ3n) is 3.50. The van der Waals surface area contributed by atoms with Crippen molar-refractivity contribution in [1.29, 1.82) is 0 Å². The van der Waals surface area contributed by atoms with Gasteiger partial charge in [-0.2, -0.15) is 0 Å². The Morgan fingerprint density at radius 1 is 1.46 bits per heavy atom. The van der Waals surface area contributed by atoms with Gasteiger partial charge < -0.3 is 4.90 Å². The molecule has 1 amide bonds. The van der Waals surface area contributed by atoms with E-state index >= 15 is 0 Å². The Morgan fingerprint density at radius 2 is 2.15 bits per heavy atom. The van der Waals surface area contributed by atoms with Gasteiger partial charge in [0.15, 0.2) is 0 Å². The smallest absolute Gasteiger partial charge is 0.240 e. The maximum atomic E-state index is 11.6. The molecule has 1 unspecified atom stereocenters. The van der Waals surface area contributed by atoms with Crippen LogP contribution in [0.4, 0.5) is 0 Å². The van der Waals surface area contributed by atoms with Crippen molar-refractivity contribution in [2.75, 3.05) is 13.1 Å². The van der Waals surface area contributed by atoms with Gasteiger partial charge in [0.2, 0.25) is 5.91 Å². The first-order valence-corrected chi connectivity index (χ1v) is 5.50. The summed E-state index contributed by atoms with van der Waals surface area (Å²) in [6, 6.07) is 0. The largest absolute Gasteiger partial charge is 0.341 e. The molecule has 1 saturated heterocycles. The molecule has 0 aromatic heterocycles. The van der Waals surface area contributed by atoms with Gasteiger partial charge in [0.1, 0.15) is 5.38 Å². The number of alkyl halides is 1. The van der Waals surface area contributed by atoms with E-state index in [0.717, 1.165) is 13.1 Å². The minimum atomic E-state index is -0.352. The number of carbonyl (C=O) groups excluding carboxylic acids is 1. The fraction of sp³-hybridized carbons (Fsp3) is 0.900. The molecule has 0 aromatic carbocycles. The van der Waals surface area contributed by atoms with Gasteiger partial charge in [0, 0.05) is 13.1 Å². The van der Waals surface area contributed by atoms with E-state index in [2.05, 4.69) is 0 Å². The first-order chi connectivity index (χ1) is 6.13. The van der Waals surface area contributed by atoms with Gasteiger partial charge in [-0.25, -0.2) is 0 Å². The van der Waals surface area contributed by atoms with Crippen molar-refractivity contribution >= 4 is 17.5 Å². The van der Waals surface area contributed by atoms with Crippen LogP contribution in [0.1, 0.15) is 32.6 Å². The SMILES string of the molecule is CC(Cl)C(=O)N1CCC2(CCC2)C1. The molecule has 2 fully saturated rings. The molecule has 1 aliphatic carbocycles. The molecule has 1 spiro atoms. The molecule has 1 heterocycles. The van der Waals surface area contributed by atoms with Gasteiger partial charge in [0.25, 0.3) is 0 Å². The highest BCUT2D eigenvalue weighted by Gasteiger charge is 2.44. The lowest BCUT2D eigenvalue weighted by Crippen LogP contribution is -2.38. The van der Waals surface area contributed by atoms with Crippen LogP contribution in [-0.4, -0.2) is 29.3 Å². The minimum absolute atomic E-state index is 0.116. The van der Waals surface area contributed by atoms with Gasteiger partial charge in [-0.1, -0.05) is 6.42 Å².